The number of hydrogen-bond donors (Lipinski definition) is 0. The summed E-state index contributed by atoms with van der Waals surface area (Å²) in [6.07, 6.45) is 0. The highest BCUT2D eigenvalue weighted by Gasteiger charge is 2.25. The molecule has 31 heavy (non-hydrogen) atoms. The maximum absolute atomic E-state index is 13.9. The molecule has 1 amide bonds. The lowest BCUT2D eigenvalue weighted by Gasteiger charge is -2.34. The Kier molecular flexibility index (Phi) is 6.48. The number of benzene rings is 2. The summed E-state index contributed by atoms with van der Waals surface area (Å²) >= 11 is 1.40. The summed E-state index contributed by atoms with van der Waals surface area (Å²) in [5.74, 6) is 0.938. The van der Waals surface area contributed by atoms with Crippen LogP contribution in [-0.2, 0) is 6.54 Å². The van der Waals surface area contributed by atoms with Gasteiger partial charge in [-0.3, -0.25) is 9.69 Å². The standard InChI is InChI=1S/C23H24FN3O3S/c1-29-20-9-5-7-17(21(20)30-2)22-25-19(15-31-22)23(28)27-12-10-26(11-13-27)14-16-6-3-4-8-18(16)24/h3-9,15H,10-14H2,1-2H3. The summed E-state index contributed by atoms with van der Waals surface area (Å²) in [6.45, 7) is 3.11. The number of ether oxygens (including phenoxy) is 2. The first-order chi connectivity index (χ1) is 15.1. The van der Waals surface area contributed by atoms with Crippen LogP contribution in [0.25, 0.3) is 10.6 Å². The molecule has 8 heteroatoms. The van der Waals surface area contributed by atoms with E-state index in [4.69, 9.17) is 9.47 Å². The van der Waals surface area contributed by atoms with Crippen LogP contribution < -0.4 is 9.47 Å². The number of nitrogens with zero attached hydrogens (tertiary/aromatic N) is 3. The third kappa shape index (κ3) is 4.55. The van der Waals surface area contributed by atoms with Crippen LogP contribution in [0.2, 0.25) is 0 Å². The van der Waals surface area contributed by atoms with E-state index in [9.17, 15) is 9.18 Å². The average Bonchev–Trinajstić information content (AvgIpc) is 3.30. The van der Waals surface area contributed by atoms with Gasteiger partial charge in [0.25, 0.3) is 5.91 Å². The van der Waals surface area contributed by atoms with Crippen molar-refractivity contribution in [2.45, 2.75) is 6.54 Å². The van der Waals surface area contributed by atoms with Gasteiger partial charge >= 0.3 is 0 Å². The molecule has 1 aliphatic heterocycles. The van der Waals surface area contributed by atoms with E-state index in [1.165, 1.54) is 17.4 Å². The SMILES string of the molecule is COc1cccc(-c2nc(C(=O)N3CCN(Cc4ccccc4F)CC3)cs2)c1OC. The van der Waals surface area contributed by atoms with Gasteiger partial charge < -0.3 is 14.4 Å². The fraction of sp³-hybridized carbons (Fsp3) is 0.304. The molecular weight excluding hydrogens is 417 g/mol. The Balaban J connectivity index is 1.42. The number of amides is 1. The van der Waals surface area contributed by atoms with Gasteiger partial charge in [-0.05, 0) is 18.2 Å². The number of carbonyl (C=O) groups excluding carboxylic acids is 1. The molecule has 0 bridgehead atoms. The van der Waals surface area contributed by atoms with Crippen LogP contribution in [0.5, 0.6) is 11.5 Å². The molecule has 6 nitrogen and oxygen atoms in total. The van der Waals surface area contributed by atoms with Crippen LogP contribution in [0.1, 0.15) is 16.1 Å². The van der Waals surface area contributed by atoms with E-state index in [0.717, 1.165) is 5.56 Å². The highest BCUT2D eigenvalue weighted by Crippen LogP contribution is 2.39. The minimum atomic E-state index is -0.191. The zero-order valence-electron chi connectivity index (χ0n) is 17.5. The van der Waals surface area contributed by atoms with Crippen molar-refractivity contribution in [3.05, 3.63) is 64.9 Å². The van der Waals surface area contributed by atoms with E-state index in [-0.39, 0.29) is 11.7 Å². The minimum absolute atomic E-state index is 0.0881. The Labute approximate surface area is 184 Å². The molecule has 4 rings (SSSR count). The van der Waals surface area contributed by atoms with Crippen LogP contribution in [0, 0.1) is 5.82 Å². The predicted octanol–water partition coefficient (Wildman–Crippen LogP) is 3.92. The van der Waals surface area contributed by atoms with Crippen LogP contribution in [0.4, 0.5) is 4.39 Å². The molecule has 1 fully saturated rings. The summed E-state index contributed by atoms with van der Waals surface area (Å²) in [5.41, 5.74) is 1.90. The number of methoxy groups -OCH3 is 2. The number of rotatable bonds is 6. The highest BCUT2D eigenvalue weighted by atomic mass is 32.1. The first-order valence-electron chi connectivity index (χ1n) is 10.0. The van der Waals surface area contributed by atoms with Crippen LogP contribution >= 0.6 is 11.3 Å². The third-order valence-electron chi connectivity index (χ3n) is 5.37. The van der Waals surface area contributed by atoms with E-state index in [0.29, 0.717) is 60.5 Å². The monoisotopic (exact) mass is 441 g/mol. The quantitative estimate of drug-likeness (QED) is 0.580. The van der Waals surface area contributed by atoms with Crippen molar-refractivity contribution < 1.29 is 18.7 Å². The molecule has 2 heterocycles. The molecule has 0 aliphatic carbocycles. The molecule has 0 spiro atoms. The van der Waals surface area contributed by atoms with Crippen molar-refractivity contribution in [3.8, 4) is 22.1 Å². The van der Waals surface area contributed by atoms with Crippen LogP contribution in [0.15, 0.2) is 47.8 Å². The van der Waals surface area contributed by atoms with Crippen molar-refractivity contribution in [3.63, 3.8) is 0 Å². The molecule has 1 aromatic heterocycles. The smallest absolute Gasteiger partial charge is 0.273 e. The molecule has 0 radical (unpaired) electrons. The molecule has 0 atom stereocenters. The molecule has 3 aromatic rings. The summed E-state index contributed by atoms with van der Waals surface area (Å²) in [6, 6.07) is 12.4. The fourth-order valence-corrected chi connectivity index (χ4v) is 4.51. The lowest BCUT2D eigenvalue weighted by molar-refractivity contribution is 0.0622. The molecule has 0 saturated carbocycles. The summed E-state index contributed by atoms with van der Waals surface area (Å²) < 4.78 is 24.7. The fourth-order valence-electron chi connectivity index (χ4n) is 3.69. The number of carbonyl (C=O) groups is 1. The lowest BCUT2D eigenvalue weighted by atomic mass is 10.2. The zero-order chi connectivity index (χ0) is 21.8. The second-order valence-electron chi connectivity index (χ2n) is 7.24. The Morgan fingerprint density at radius 3 is 2.55 bits per heavy atom. The van der Waals surface area contributed by atoms with E-state index in [2.05, 4.69) is 9.88 Å². The number of thiazole rings is 1. The Morgan fingerprint density at radius 2 is 1.84 bits per heavy atom. The van der Waals surface area contributed by atoms with Gasteiger partial charge in [0, 0.05) is 43.7 Å². The molecule has 162 valence electrons. The predicted molar refractivity (Wildman–Crippen MR) is 118 cm³/mol. The van der Waals surface area contributed by atoms with Gasteiger partial charge in [0.1, 0.15) is 16.5 Å². The topological polar surface area (TPSA) is 54.9 Å². The van der Waals surface area contributed by atoms with Crippen LogP contribution in [0.3, 0.4) is 0 Å². The number of hydrogen-bond acceptors (Lipinski definition) is 6. The van der Waals surface area contributed by atoms with E-state index >= 15 is 0 Å². The maximum atomic E-state index is 13.9. The maximum Gasteiger partial charge on any atom is 0.273 e. The Morgan fingerprint density at radius 1 is 1.06 bits per heavy atom. The number of para-hydroxylation sites is 1. The molecular formula is C23H24FN3O3S. The lowest BCUT2D eigenvalue weighted by Crippen LogP contribution is -2.48. The van der Waals surface area contributed by atoms with Gasteiger partial charge in [0.05, 0.1) is 19.8 Å². The van der Waals surface area contributed by atoms with Gasteiger partial charge in [-0.25, -0.2) is 9.37 Å². The largest absolute Gasteiger partial charge is 0.493 e. The normalized spacial score (nSPS) is 14.5. The summed E-state index contributed by atoms with van der Waals surface area (Å²) in [4.78, 5) is 21.5. The zero-order valence-corrected chi connectivity index (χ0v) is 18.3. The van der Waals surface area contributed by atoms with Gasteiger partial charge in [0.2, 0.25) is 0 Å². The first-order valence-corrected chi connectivity index (χ1v) is 10.9. The molecule has 0 N–H and O–H groups in total. The van der Waals surface area contributed by atoms with E-state index < -0.39 is 0 Å². The second-order valence-corrected chi connectivity index (χ2v) is 8.10. The van der Waals surface area contributed by atoms with Crippen molar-refractivity contribution in [1.29, 1.82) is 0 Å². The molecule has 1 saturated heterocycles. The van der Waals surface area contributed by atoms with Crippen LogP contribution in [-0.4, -0.2) is 61.1 Å². The summed E-state index contributed by atoms with van der Waals surface area (Å²) in [5, 5.41) is 2.49. The number of piperazine rings is 1. The van der Waals surface area contributed by atoms with Gasteiger partial charge in [0.15, 0.2) is 11.5 Å². The van der Waals surface area contributed by atoms with Gasteiger partial charge in [-0.2, -0.15) is 0 Å². The molecule has 0 unspecified atom stereocenters. The average molecular weight is 442 g/mol. The van der Waals surface area contributed by atoms with Gasteiger partial charge in [-0.15, -0.1) is 11.3 Å². The van der Waals surface area contributed by atoms with Crippen molar-refractivity contribution in [2.24, 2.45) is 0 Å². The van der Waals surface area contributed by atoms with Crippen molar-refractivity contribution >= 4 is 17.2 Å². The Hall–Kier alpha value is -2.97. The van der Waals surface area contributed by atoms with E-state index in [1.807, 2.05) is 24.3 Å². The third-order valence-corrected chi connectivity index (χ3v) is 6.24. The number of aromatic nitrogens is 1. The molecule has 2 aromatic carbocycles. The first kappa shape index (κ1) is 21.3. The van der Waals surface area contributed by atoms with E-state index in [1.54, 1.807) is 36.6 Å². The summed E-state index contributed by atoms with van der Waals surface area (Å²) in [7, 11) is 3.17. The Bertz CT molecular complexity index is 1060. The second kappa shape index (κ2) is 9.45. The number of halogens is 1. The minimum Gasteiger partial charge on any atom is -0.493 e. The molecule has 1 aliphatic rings. The van der Waals surface area contributed by atoms with Gasteiger partial charge in [-0.1, -0.05) is 24.3 Å². The highest BCUT2D eigenvalue weighted by molar-refractivity contribution is 7.13. The van der Waals surface area contributed by atoms with Crippen molar-refractivity contribution in [1.82, 2.24) is 14.8 Å². The van der Waals surface area contributed by atoms with Crippen molar-refractivity contribution in [2.75, 3.05) is 40.4 Å².